The number of benzene rings is 2. The van der Waals surface area contributed by atoms with Crippen LogP contribution in [0.1, 0.15) is 22.3 Å². The minimum atomic E-state index is -4.27. The maximum Gasteiger partial charge on any atom is 0.416 e. The Morgan fingerprint density at radius 1 is 0.880 bits per heavy atom. The second-order valence-electron chi connectivity index (χ2n) is 6.68. The van der Waals surface area contributed by atoms with Crippen LogP contribution in [0.3, 0.4) is 0 Å². The van der Waals surface area contributed by atoms with Crippen LogP contribution in [0, 0.1) is 13.8 Å². The summed E-state index contributed by atoms with van der Waals surface area (Å²) >= 11 is 0. The van der Waals surface area contributed by atoms with Crippen molar-refractivity contribution < 1.29 is 13.2 Å². The summed E-state index contributed by atoms with van der Waals surface area (Å²) in [6, 6.07) is 11.9. The summed E-state index contributed by atoms with van der Waals surface area (Å²) in [5.41, 5.74) is 4.24. The van der Waals surface area contributed by atoms with Crippen LogP contribution < -0.4 is 4.90 Å². The van der Waals surface area contributed by atoms with Gasteiger partial charge in [-0.05, 0) is 48.7 Å². The second kappa shape index (κ2) is 7.08. The molecule has 0 unspecified atom stereocenters. The van der Waals surface area contributed by atoms with E-state index in [-0.39, 0.29) is 0 Å². The molecule has 1 heterocycles. The summed E-state index contributed by atoms with van der Waals surface area (Å²) in [6.07, 6.45) is -4.27. The minimum Gasteiger partial charge on any atom is -0.369 e. The Bertz CT molecular complexity index is 715. The van der Waals surface area contributed by atoms with Gasteiger partial charge in [-0.3, -0.25) is 4.90 Å². The second-order valence-corrected chi connectivity index (χ2v) is 6.68. The topological polar surface area (TPSA) is 6.48 Å². The molecule has 1 aliphatic heterocycles. The number of hydrogen-bond donors (Lipinski definition) is 0. The van der Waals surface area contributed by atoms with Crippen LogP contribution in [0.4, 0.5) is 18.9 Å². The summed E-state index contributed by atoms with van der Waals surface area (Å²) in [6.45, 7) is 8.66. The molecule has 2 aromatic carbocycles. The van der Waals surface area contributed by atoms with Crippen LogP contribution >= 0.6 is 0 Å². The lowest BCUT2D eigenvalue weighted by Gasteiger charge is -2.37. The lowest BCUT2D eigenvalue weighted by Crippen LogP contribution is -2.46. The monoisotopic (exact) mass is 348 g/mol. The summed E-state index contributed by atoms with van der Waals surface area (Å²) < 4.78 is 37.9. The molecule has 0 aromatic heterocycles. The number of halogens is 3. The smallest absolute Gasteiger partial charge is 0.369 e. The van der Waals surface area contributed by atoms with Crippen LogP contribution in [-0.4, -0.2) is 31.1 Å². The van der Waals surface area contributed by atoms with Crippen molar-refractivity contribution in [3.8, 4) is 0 Å². The number of rotatable bonds is 3. The van der Waals surface area contributed by atoms with E-state index in [0.717, 1.165) is 31.7 Å². The van der Waals surface area contributed by atoms with Gasteiger partial charge >= 0.3 is 6.18 Å². The third-order valence-electron chi connectivity index (χ3n) is 4.98. The molecule has 1 fully saturated rings. The van der Waals surface area contributed by atoms with Crippen LogP contribution in [0.25, 0.3) is 0 Å². The number of anilines is 1. The molecule has 0 N–H and O–H groups in total. The van der Waals surface area contributed by atoms with Crippen LogP contribution in [0.2, 0.25) is 0 Å². The van der Waals surface area contributed by atoms with E-state index in [1.807, 2.05) is 0 Å². The average molecular weight is 348 g/mol. The Balaban J connectivity index is 1.58. The Morgan fingerprint density at radius 3 is 2.12 bits per heavy atom. The number of alkyl halides is 3. The fourth-order valence-corrected chi connectivity index (χ4v) is 3.28. The molecule has 0 saturated carbocycles. The Labute approximate surface area is 146 Å². The van der Waals surface area contributed by atoms with E-state index in [9.17, 15) is 13.2 Å². The molecule has 0 spiro atoms. The molecule has 2 aromatic rings. The zero-order valence-electron chi connectivity index (χ0n) is 14.6. The van der Waals surface area contributed by atoms with E-state index in [1.54, 1.807) is 12.1 Å². The minimum absolute atomic E-state index is 0.587. The van der Waals surface area contributed by atoms with Gasteiger partial charge in [0.05, 0.1) is 5.56 Å². The van der Waals surface area contributed by atoms with Gasteiger partial charge in [0.1, 0.15) is 0 Å². The van der Waals surface area contributed by atoms with E-state index in [0.29, 0.717) is 6.54 Å². The predicted octanol–water partition coefficient (Wildman–Crippen LogP) is 4.64. The van der Waals surface area contributed by atoms with Crippen molar-refractivity contribution in [3.63, 3.8) is 0 Å². The van der Waals surface area contributed by atoms with Gasteiger partial charge in [0.25, 0.3) is 0 Å². The van der Waals surface area contributed by atoms with Crippen LogP contribution in [-0.2, 0) is 12.7 Å². The molecule has 0 radical (unpaired) electrons. The highest BCUT2D eigenvalue weighted by molar-refractivity contribution is 5.56. The molecule has 0 bridgehead atoms. The van der Waals surface area contributed by atoms with Gasteiger partial charge in [-0.15, -0.1) is 0 Å². The molecule has 1 saturated heterocycles. The number of hydrogen-bond acceptors (Lipinski definition) is 2. The van der Waals surface area contributed by atoms with Crippen molar-refractivity contribution >= 4 is 5.69 Å². The molecule has 0 aliphatic carbocycles. The Hall–Kier alpha value is -2.01. The predicted molar refractivity (Wildman–Crippen MR) is 94.9 cm³/mol. The first-order valence-electron chi connectivity index (χ1n) is 8.54. The van der Waals surface area contributed by atoms with Crippen LogP contribution in [0.5, 0.6) is 0 Å². The molecule has 25 heavy (non-hydrogen) atoms. The summed E-state index contributed by atoms with van der Waals surface area (Å²) in [4.78, 5) is 4.69. The summed E-state index contributed by atoms with van der Waals surface area (Å²) in [7, 11) is 0. The Morgan fingerprint density at radius 2 is 1.52 bits per heavy atom. The highest BCUT2D eigenvalue weighted by atomic mass is 19.4. The van der Waals surface area contributed by atoms with E-state index >= 15 is 0 Å². The van der Waals surface area contributed by atoms with Crippen molar-refractivity contribution in [1.82, 2.24) is 4.90 Å². The fraction of sp³-hybridized carbons (Fsp3) is 0.400. The quantitative estimate of drug-likeness (QED) is 0.797. The maximum absolute atomic E-state index is 12.6. The standard InChI is InChI=1S/C20H23F3N2/c1-15-4-3-5-19(16(15)2)25-12-10-24(11-13-25)14-17-6-8-18(9-7-17)20(21,22)23/h3-9H,10-14H2,1-2H3. The van der Waals surface area contributed by atoms with Crippen molar-refractivity contribution in [1.29, 1.82) is 0 Å². The normalized spacial score (nSPS) is 16.3. The summed E-state index contributed by atoms with van der Waals surface area (Å²) in [5.74, 6) is 0. The van der Waals surface area contributed by atoms with Gasteiger partial charge in [0, 0.05) is 38.4 Å². The third-order valence-corrected chi connectivity index (χ3v) is 4.98. The van der Waals surface area contributed by atoms with Crippen molar-refractivity contribution in [2.24, 2.45) is 0 Å². The van der Waals surface area contributed by atoms with Gasteiger partial charge in [0.15, 0.2) is 0 Å². The Kier molecular flexibility index (Phi) is 5.04. The zero-order valence-corrected chi connectivity index (χ0v) is 14.6. The van der Waals surface area contributed by atoms with E-state index < -0.39 is 11.7 Å². The molecular weight excluding hydrogens is 325 g/mol. The van der Waals surface area contributed by atoms with Gasteiger partial charge < -0.3 is 4.90 Å². The first kappa shape index (κ1) is 17.8. The van der Waals surface area contributed by atoms with Crippen molar-refractivity contribution in [2.45, 2.75) is 26.6 Å². The van der Waals surface area contributed by atoms with E-state index in [1.165, 1.54) is 28.9 Å². The largest absolute Gasteiger partial charge is 0.416 e. The zero-order chi connectivity index (χ0) is 18.0. The third kappa shape index (κ3) is 4.15. The molecule has 3 rings (SSSR count). The molecule has 0 atom stereocenters. The fourth-order valence-electron chi connectivity index (χ4n) is 3.28. The molecule has 5 heteroatoms. The number of aryl methyl sites for hydroxylation is 1. The molecule has 134 valence electrons. The number of piperazine rings is 1. The van der Waals surface area contributed by atoms with Crippen molar-refractivity contribution in [3.05, 3.63) is 64.7 Å². The van der Waals surface area contributed by atoms with E-state index in [2.05, 4.69) is 41.8 Å². The highest BCUT2D eigenvalue weighted by Crippen LogP contribution is 2.29. The molecule has 0 amide bonds. The number of nitrogens with zero attached hydrogens (tertiary/aromatic N) is 2. The van der Waals surface area contributed by atoms with Gasteiger partial charge in [0.2, 0.25) is 0 Å². The van der Waals surface area contributed by atoms with Gasteiger partial charge in [-0.2, -0.15) is 13.2 Å². The lowest BCUT2D eigenvalue weighted by molar-refractivity contribution is -0.137. The first-order chi connectivity index (χ1) is 11.8. The van der Waals surface area contributed by atoms with E-state index in [4.69, 9.17) is 0 Å². The van der Waals surface area contributed by atoms with Gasteiger partial charge in [-0.1, -0.05) is 24.3 Å². The molecular formula is C20H23F3N2. The molecule has 1 aliphatic rings. The van der Waals surface area contributed by atoms with Crippen LogP contribution in [0.15, 0.2) is 42.5 Å². The highest BCUT2D eigenvalue weighted by Gasteiger charge is 2.30. The van der Waals surface area contributed by atoms with Crippen molar-refractivity contribution in [2.75, 3.05) is 31.1 Å². The van der Waals surface area contributed by atoms with Gasteiger partial charge in [-0.25, -0.2) is 0 Å². The lowest BCUT2D eigenvalue weighted by atomic mass is 10.1. The first-order valence-corrected chi connectivity index (χ1v) is 8.54. The maximum atomic E-state index is 12.6. The summed E-state index contributed by atoms with van der Waals surface area (Å²) in [5, 5.41) is 0. The molecule has 2 nitrogen and oxygen atoms in total. The average Bonchev–Trinajstić information content (AvgIpc) is 2.58. The SMILES string of the molecule is Cc1cccc(N2CCN(Cc3ccc(C(F)(F)F)cc3)CC2)c1C.